The van der Waals surface area contributed by atoms with Crippen molar-refractivity contribution in [1.29, 1.82) is 0 Å². The number of benzene rings is 2. The highest BCUT2D eigenvalue weighted by molar-refractivity contribution is 7.71. The Hall–Kier alpha value is -2.27. The molecule has 0 saturated heterocycles. The Bertz CT molecular complexity index is 873. The van der Waals surface area contributed by atoms with Crippen LogP contribution in [0.1, 0.15) is 25.2 Å². The van der Waals surface area contributed by atoms with Gasteiger partial charge in [-0.05, 0) is 41.5 Å². The van der Waals surface area contributed by atoms with Crippen molar-refractivity contribution in [3.63, 3.8) is 0 Å². The topological polar surface area (TPSA) is 46.0 Å². The van der Waals surface area contributed by atoms with Gasteiger partial charge in [-0.25, -0.2) is 0 Å². The maximum atomic E-state index is 5.22. The van der Waals surface area contributed by atoms with Gasteiger partial charge < -0.3 is 0 Å². The minimum atomic E-state index is 0.520. The van der Waals surface area contributed by atoms with Crippen LogP contribution in [-0.2, 0) is 6.42 Å². The third-order valence-electron chi connectivity index (χ3n) is 3.45. The van der Waals surface area contributed by atoms with Crippen molar-refractivity contribution in [2.75, 3.05) is 0 Å². The first-order chi connectivity index (χ1) is 10.2. The van der Waals surface area contributed by atoms with Gasteiger partial charge in [0.15, 0.2) is 5.82 Å². The number of fused-ring (bicyclic) bond motifs is 1. The number of aromatic nitrogens is 3. The number of hydrogen-bond acceptors (Lipinski definition) is 3. The molecule has 0 spiro atoms. The molecular weight excluding hydrogens is 280 g/mol. The normalized spacial score (nSPS) is 12.0. The standard InChI is InChI=1S/C16H16N4S/c1-3-15-17-18-16(21)20(15)19-11(2)13-9-8-12-6-4-5-7-14(12)10-13/h4-10H,3H2,1-2H3,(H,18,21). The molecule has 2 aromatic carbocycles. The van der Waals surface area contributed by atoms with Crippen molar-refractivity contribution in [2.24, 2.45) is 5.10 Å². The average Bonchev–Trinajstić information content (AvgIpc) is 2.87. The van der Waals surface area contributed by atoms with Gasteiger partial charge in [-0.15, -0.1) is 0 Å². The average molecular weight is 296 g/mol. The quantitative estimate of drug-likeness (QED) is 0.588. The van der Waals surface area contributed by atoms with Crippen molar-refractivity contribution in [3.8, 4) is 0 Å². The Kier molecular flexibility index (Phi) is 3.66. The summed E-state index contributed by atoms with van der Waals surface area (Å²) in [6, 6.07) is 14.6. The Morgan fingerprint density at radius 2 is 2.00 bits per heavy atom. The fraction of sp³-hybridized carbons (Fsp3) is 0.188. The van der Waals surface area contributed by atoms with E-state index in [1.54, 1.807) is 4.68 Å². The summed E-state index contributed by atoms with van der Waals surface area (Å²) < 4.78 is 2.21. The third-order valence-corrected chi connectivity index (χ3v) is 3.72. The second-order valence-corrected chi connectivity index (χ2v) is 5.24. The zero-order valence-corrected chi connectivity index (χ0v) is 12.8. The summed E-state index contributed by atoms with van der Waals surface area (Å²) in [7, 11) is 0. The van der Waals surface area contributed by atoms with E-state index in [0.29, 0.717) is 4.77 Å². The number of hydrogen-bond donors (Lipinski definition) is 1. The zero-order valence-electron chi connectivity index (χ0n) is 12.0. The summed E-state index contributed by atoms with van der Waals surface area (Å²) in [4.78, 5) is 0. The number of aromatic amines is 1. The molecule has 0 aliphatic heterocycles. The van der Waals surface area contributed by atoms with E-state index in [1.807, 2.05) is 26.0 Å². The fourth-order valence-corrected chi connectivity index (χ4v) is 2.47. The van der Waals surface area contributed by atoms with Crippen LogP contribution in [0.3, 0.4) is 0 Å². The Labute approximate surface area is 128 Å². The van der Waals surface area contributed by atoms with E-state index in [1.165, 1.54) is 10.8 Å². The van der Waals surface area contributed by atoms with Crippen LogP contribution in [0, 0.1) is 4.77 Å². The van der Waals surface area contributed by atoms with E-state index in [4.69, 9.17) is 12.2 Å². The molecule has 0 saturated carbocycles. The predicted octanol–water partition coefficient (Wildman–Crippen LogP) is 3.93. The summed E-state index contributed by atoms with van der Waals surface area (Å²) in [6.07, 6.45) is 0.779. The van der Waals surface area contributed by atoms with Gasteiger partial charge in [-0.2, -0.15) is 14.9 Å². The molecular formula is C16H16N4S. The summed E-state index contributed by atoms with van der Waals surface area (Å²) in [5.41, 5.74) is 1.99. The van der Waals surface area contributed by atoms with Crippen LogP contribution >= 0.6 is 12.2 Å². The number of aryl methyl sites for hydroxylation is 1. The molecule has 1 N–H and O–H groups in total. The molecule has 106 valence electrons. The van der Waals surface area contributed by atoms with Crippen molar-refractivity contribution in [1.82, 2.24) is 14.9 Å². The molecule has 0 fully saturated rings. The fourth-order valence-electron chi connectivity index (χ4n) is 2.28. The largest absolute Gasteiger partial charge is 0.250 e. The third kappa shape index (κ3) is 2.64. The van der Waals surface area contributed by atoms with Crippen LogP contribution in [0.4, 0.5) is 0 Å². The lowest BCUT2D eigenvalue weighted by Crippen LogP contribution is -2.03. The predicted molar refractivity (Wildman–Crippen MR) is 88.3 cm³/mol. The molecule has 5 heteroatoms. The van der Waals surface area contributed by atoms with Crippen LogP contribution in [0.25, 0.3) is 10.8 Å². The van der Waals surface area contributed by atoms with Crippen molar-refractivity contribution < 1.29 is 0 Å². The highest BCUT2D eigenvalue weighted by atomic mass is 32.1. The molecule has 3 rings (SSSR count). The second kappa shape index (κ2) is 5.61. The lowest BCUT2D eigenvalue weighted by Gasteiger charge is -2.05. The van der Waals surface area contributed by atoms with Gasteiger partial charge in [-0.1, -0.05) is 43.3 Å². The Morgan fingerprint density at radius 1 is 1.24 bits per heavy atom. The van der Waals surface area contributed by atoms with Crippen LogP contribution in [0.2, 0.25) is 0 Å². The molecule has 1 aromatic heterocycles. The Balaban J connectivity index is 2.07. The van der Waals surface area contributed by atoms with Gasteiger partial charge in [0.25, 0.3) is 0 Å². The molecule has 1 heterocycles. The Morgan fingerprint density at radius 3 is 2.76 bits per heavy atom. The smallest absolute Gasteiger partial charge is 0.216 e. The molecule has 0 amide bonds. The highest BCUT2D eigenvalue weighted by Crippen LogP contribution is 2.16. The van der Waals surface area contributed by atoms with E-state index in [9.17, 15) is 0 Å². The molecule has 21 heavy (non-hydrogen) atoms. The summed E-state index contributed by atoms with van der Waals surface area (Å²) in [5.74, 6) is 0.833. The maximum absolute atomic E-state index is 5.22. The van der Waals surface area contributed by atoms with Crippen molar-refractivity contribution in [3.05, 3.63) is 58.6 Å². The SMILES string of the molecule is CCc1n[nH]c(=S)n1N=C(C)c1ccc2ccccc2c1. The molecule has 3 aromatic rings. The van der Waals surface area contributed by atoms with E-state index in [0.717, 1.165) is 23.5 Å². The summed E-state index contributed by atoms with van der Waals surface area (Å²) in [5, 5.41) is 14.0. The maximum Gasteiger partial charge on any atom is 0.216 e. The van der Waals surface area contributed by atoms with Crippen molar-refractivity contribution >= 4 is 28.7 Å². The first-order valence-corrected chi connectivity index (χ1v) is 7.31. The van der Waals surface area contributed by atoms with Gasteiger partial charge in [-0.3, -0.25) is 5.10 Å². The van der Waals surface area contributed by atoms with Crippen LogP contribution in [-0.4, -0.2) is 20.6 Å². The monoisotopic (exact) mass is 296 g/mol. The lowest BCUT2D eigenvalue weighted by molar-refractivity contribution is 0.776. The number of rotatable bonds is 3. The lowest BCUT2D eigenvalue weighted by atomic mass is 10.0. The molecule has 4 nitrogen and oxygen atoms in total. The first kappa shape index (κ1) is 13.7. The zero-order chi connectivity index (χ0) is 14.8. The molecule has 0 aliphatic carbocycles. The van der Waals surface area contributed by atoms with Gasteiger partial charge in [0.05, 0.1) is 5.71 Å². The second-order valence-electron chi connectivity index (χ2n) is 4.86. The van der Waals surface area contributed by atoms with E-state index >= 15 is 0 Å². The van der Waals surface area contributed by atoms with Crippen LogP contribution < -0.4 is 0 Å². The minimum Gasteiger partial charge on any atom is -0.250 e. The van der Waals surface area contributed by atoms with E-state index in [2.05, 4.69) is 45.6 Å². The van der Waals surface area contributed by atoms with Gasteiger partial charge >= 0.3 is 0 Å². The van der Waals surface area contributed by atoms with E-state index < -0.39 is 0 Å². The minimum absolute atomic E-state index is 0.520. The van der Waals surface area contributed by atoms with Gasteiger partial charge in [0.2, 0.25) is 4.77 Å². The number of nitrogens with one attached hydrogen (secondary N) is 1. The molecule has 0 bridgehead atoms. The van der Waals surface area contributed by atoms with E-state index in [-0.39, 0.29) is 0 Å². The first-order valence-electron chi connectivity index (χ1n) is 6.90. The summed E-state index contributed by atoms with van der Waals surface area (Å²) in [6.45, 7) is 4.01. The van der Waals surface area contributed by atoms with Gasteiger partial charge in [0.1, 0.15) is 0 Å². The number of H-pyrrole nitrogens is 1. The van der Waals surface area contributed by atoms with Crippen molar-refractivity contribution in [2.45, 2.75) is 20.3 Å². The molecule has 0 atom stereocenters. The molecule has 0 radical (unpaired) electrons. The molecule has 0 unspecified atom stereocenters. The van der Waals surface area contributed by atoms with Crippen LogP contribution in [0.15, 0.2) is 47.6 Å². The highest BCUT2D eigenvalue weighted by Gasteiger charge is 2.05. The molecule has 0 aliphatic rings. The summed E-state index contributed by atoms with van der Waals surface area (Å²) >= 11 is 5.22. The van der Waals surface area contributed by atoms with Crippen LogP contribution in [0.5, 0.6) is 0 Å². The van der Waals surface area contributed by atoms with Gasteiger partial charge in [0, 0.05) is 6.42 Å². The number of nitrogens with zero attached hydrogens (tertiary/aromatic N) is 3.